The quantitative estimate of drug-likeness (QED) is 0.280. The van der Waals surface area contributed by atoms with Gasteiger partial charge < -0.3 is 0 Å². The molecule has 2 rings (SSSR count). The summed E-state index contributed by atoms with van der Waals surface area (Å²) in [5.41, 5.74) is 1.73. The minimum atomic E-state index is -0.778. The monoisotopic (exact) mass is 443 g/mol. The zero-order valence-corrected chi connectivity index (χ0v) is 17.0. The molecule has 0 aromatic heterocycles. The standard InChI is InChI=1S/C17H16AsCl2NO4/c1-25-17(22)14(9-11-5-7-12(8-6-11)21(23)24)18-10-13-15(19)3-2-4-16(13)20/h2-8,14,18H,9-10H2,1H3. The molecule has 0 spiro atoms. The summed E-state index contributed by atoms with van der Waals surface area (Å²) >= 11 is 11.6. The van der Waals surface area contributed by atoms with E-state index in [9.17, 15) is 14.9 Å². The van der Waals surface area contributed by atoms with Gasteiger partial charge in [0.05, 0.1) is 0 Å². The summed E-state index contributed by atoms with van der Waals surface area (Å²) < 4.78 is 4.65. The molecular formula is C17H16AsCl2NO4. The van der Waals surface area contributed by atoms with Gasteiger partial charge in [0, 0.05) is 0 Å². The summed E-state index contributed by atoms with van der Waals surface area (Å²) in [4.78, 5) is 22.4. The molecule has 2 atom stereocenters. The van der Waals surface area contributed by atoms with Crippen LogP contribution in [-0.4, -0.2) is 33.8 Å². The van der Waals surface area contributed by atoms with Gasteiger partial charge in [0.25, 0.3) is 0 Å². The molecule has 2 aromatic carbocycles. The fourth-order valence-corrected chi connectivity index (χ4v) is 6.44. The van der Waals surface area contributed by atoms with Crippen molar-refractivity contribution in [2.45, 2.75) is 16.3 Å². The second kappa shape index (κ2) is 9.23. The van der Waals surface area contributed by atoms with Crippen LogP contribution in [-0.2, 0) is 21.2 Å². The maximum atomic E-state index is 12.1. The van der Waals surface area contributed by atoms with Gasteiger partial charge in [-0.05, 0) is 0 Å². The number of carbonyl (C=O) groups is 1. The third-order valence-electron chi connectivity index (χ3n) is 3.66. The van der Waals surface area contributed by atoms with Crippen LogP contribution in [0.5, 0.6) is 0 Å². The van der Waals surface area contributed by atoms with Crippen LogP contribution in [0.15, 0.2) is 42.5 Å². The van der Waals surface area contributed by atoms with Crippen LogP contribution in [0.4, 0.5) is 5.69 Å². The first-order chi connectivity index (χ1) is 11.9. The molecule has 0 saturated carbocycles. The van der Waals surface area contributed by atoms with Gasteiger partial charge in [-0.2, -0.15) is 0 Å². The van der Waals surface area contributed by atoms with Crippen molar-refractivity contribution in [1.29, 1.82) is 0 Å². The van der Waals surface area contributed by atoms with E-state index >= 15 is 0 Å². The Hall–Kier alpha value is -1.55. The van der Waals surface area contributed by atoms with E-state index in [4.69, 9.17) is 27.9 Å². The number of nitro groups is 1. The van der Waals surface area contributed by atoms with E-state index in [0.717, 1.165) is 11.1 Å². The number of nitro benzene ring substituents is 1. The number of nitrogens with zero attached hydrogens (tertiary/aromatic N) is 1. The van der Waals surface area contributed by atoms with Gasteiger partial charge in [-0.15, -0.1) is 0 Å². The summed E-state index contributed by atoms with van der Waals surface area (Å²) in [7, 11) is 1.36. The Labute approximate surface area is 162 Å². The first kappa shape index (κ1) is 19.8. The Balaban J connectivity index is 2.11. The number of methoxy groups -OCH3 is 1. The molecule has 2 unspecified atom stereocenters. The molecule has 0 N–H and O–H groups in total. The van der Waals surface area contributed by atoms with E-state index in [1.807, 2.05) is 0 Å². The molecule has 0 heterocycles. The molecule has 5 nitrogen and oxygen atoms in total. The number of rotatable bonds is 7. The molecule has 25 heavy (non-hydrogen) atoms. The molecule has 0 bridgehead atoms. The number of esters is 1. The normalized spacial score (nSPS) is 12.3. The topological polar surface area (TPSA) is 69.4 Å². The summed E-state index contributed by atoms with van der Waals surface area (Å²) in [6.45, 7) is 0. The molecule has 0 aliphatic rings. The average Bonchev–Trinajstić information content (AvgIpc) is 2.60. The van der Waals surface area contributed by atoms with Crippen LogP contribution in [0.2, 0.25) is 14.8 Å². The number of halogens is 2. The van der Waals surface area contributed by atoms with Crippen molar-refractivity contribution >= 4 is 50.6 Å². The van der Waals surface area contributed by atoms with Crippen LogP contribution in [0.1, 0.15) is 11.1 Å². The Bertz CT molecular complexity index is 747. The molecule has 0 aliphatic carbocycles. The van der Waals surface area contributed by atoms with E-state index in [-0.39, 0.29) is 16.4 Å². The summed E-state index contributed by atoms with van der Waals surface area (Å²) in [5.74, 6) is -0.276. The van der Waals surface area contributed by atoms with Gasteiger partial charge in [-0.25, -0.2) is 0 Å². The second-order valence-corrected chi connectivity index (χ2v) is 9.16. The third kappa shape index (κ3) is 5.46. The van der Waals surface area contributed by atoms with Gasteiger partial charge in [-0.1, -0.05) is 0 Å². The van der Waals surface area contributed by atoms with Crippen LogP contribution >= 0.6 is 23.2 Å². The number of hydrogen-bond acceptors (Lipinski definition) is 4. The van der Waals surface area contributed by atoms with Gasteiger partial charge >= 0.3 is 162 Å². The number of benzene rings is 2. The minimum absolute atomic E-state index is 0.0252. The molecule has 8 heteroatoms. The van der Waals surface area contributed by atoms with E-state index in [0.29, 0.717) is 21.7 Å². The number of non-ortho nitro benzene ring substituents is 1. The first-order valence-electron chi connectivity index (χ1n) is 7.39. The van der Waals surface area contributed by atoms with Gasteiger partial charge in [-0.3, -0.25) is 0 Å². The predicted octanol–water partition coefficient (Wildman–Crippen LogP) is 4.04. The maximum absolute atomic E-state index is 12.1. The zero-order valence-electron chi connectivity index (χ0n) is 13.4. The second-order valence-electron chi connectivity index (χ2n) is 5.28. The van der Waals surface area contributed by atoms with Crippen molar-refractivity contribution in [2.24, 2.45) is 0 Å². The molecule has 132 valence electrons. The molecule has 0 aliphatic heterocycles. The van der Waals surface area contributed by atoms with Crippen molar-refractivity contribution in [3.63, 3.8) is 0 Å². The van der Waals surface area contributed by atoms with Crippen LogP contribution in [0.3, 0.4) is 0 Å². The molecule has 0 fully saturated rings. The average molecular weight is 444 g/mol. The zero-order chi connectivity index (χ0) is 18.4. The Morgan fingerprint density at radius 1 is 1.20 bits per heavy atom. The Kier molecular flexibility index (Phi) is 7.30. The van der Waals surface area contributed by atoms with Gasteiger partial charge in [0.2, 0.25) is 0 Å². The Morgan fingerprint density at radius 2 is 1.80 bits per heavy atom. The van der Waals surface area contributed by atoms with Gasteiger partial charge in [0.1, 0.15) is 0 Å². The van der Waals surface area contributed by atoms with Crippen molar-refractivity contribution < 1.29 is 14.5 Å². The SMILES string of the molecule is COC(=O)C(Cc1ccc([N+](=O)[O-])cc1)[AsH]Cc1c(Cl)cccc1Cl. The fourth-order valence-electron chi connectivity index (χ4n) is 2.30. The third-order valence-corrected chi connectivity index (χ3v) is 7.49. The van der Waals surface area contributed by atoms with Crippen molar-refractivity contribution in [1.82, 2.24) is 0 Å². The molecule has 0 radical (unpaired) electrons. The molecular weight excluding hydrogens is 428 g/mol. The number of ether oxygens (including phenoxy) is 1. The molecule has 0 amide bonds. The number of hydrogen-bond donors (Lipinski definition) is 0. The number of carbonyl (C=O) groups excluding carboxylic acids is 1. The fraction of sp³-hybridized carbons (Fsp3) is 0.235. The summed E-state index contributed by atoms with van der Waals surface area (Å²) in [6, 6.07) is 11.5. The molecule has 0 saturated heterocycles. The van der Waals surface area contributed by atoms with Crippen molar-refractivity contribution in [2.75, 3.05) is 7.11 Å². The van der Waals surface area contributed by atoms with E-state index < -0.39 is 20.7 Å². The predicted molar refractivity (Wildman–Crippen MR) is 99.9 cm³/mol. The first-order valence-corrected chi connectivity index (χ1v) is 10.8. The van der Waals surface area contributed by atoms with Crippen molar-refractivity contribution in [3.05, 3.63) is 73.8 Å². The molecule has 2 aromatic rings. The Morgan fingerprint density at radius 3 is 2.32 bits per heavy atom. The van der Waals surface area contributed by atoms with Crippen LogP contribution in [0, 0.1) is 10.1 Å². The summed E-state index contributed by atoms with van der Waals surface area (Å²) in [5, 5.41) is 12.6. The summed E-state index contributed by atoms with van der Waals surface area (Å²) in [6.07, 6.45) is 0.479. The van der Waals surface area contributed by atoms with Gasteiger partial charge in [0.15, 0.2) is 0 Å². The van der Waals surface area contributed by atoms with E-state index in [2.05, 4.69) is 0 Å². The van der Waals surface area contributed by atoms with Crippen molar-refractivity contribution in [3.8, 4) is 0 Å². The van der Waals surface area contributed by atoms with Crippen LogP contribution < -0.4 is 0 Å². The van der Waals surface area contributed by atoms with Crippen LogP contribution in [0.25, 0.3) is 0 Å². The van der Waals surface area contributed by atoms with E-state index in [1.54, 1.807) is 30.3 Å². The van der Waals surface area contributed by atoms with E-state index in [1.165, 1.54) is 19.2 Å².